The van der Waals surface area contributed by atoms with Crippen molar-refractivity contribution in [2.45, 2.75) is 0 Å². The van der Waals surface area contributed by atoms with E-state index in [-0.39, 0.29) is 0 Å². The Kier molecular flexibility index (Phi) is 11.1. The third-order valence-electron chi connectivity index (χ3n) is 12.5. The number of nitrogens with one attached hydrogen (secondary N) is 2. The van der Waals surface area contributed by atoms with Gasteiger partial charge in [-0.15, -0.1) is 0 Å². The van der Waals surface area contributed by atoms with Crippen LogP contribution in [0.1, 0.15) is 27.8 Å². The molecule has 1 aliphatic heterocycles. The number of allylic oxidation sites excluding steroid dienone is 1. The summed E-state index contributed by atoms with van der Waals surface area (Å²) in [5.74, 6) is 0. The fraction of sp³-hybridized carbons (Fsp3) is 0. The summed E-state index contributed by atoms with van der Waals surface area (Å²) in [5.41, 5.74) is 21.1. The van der Waals surface area contributed by atoms with Crippen molar-refractivity contribution in [1.29, 1.82) is 5.41 Å². The summed E-state index contributed by atoms with van der Waals surface area (Å²) in [6.45, 7) is 0. The van der Waals surface area contributed by atoms with E-state index in [1.54, 1.807) is 0 Å². The summed E-state index contributed by atoms with van der Waals surface area (Å²) >= 11 is 0. The van der Waals surface area contributed by atoms with Crippen molar-refractivity contribution in [3.8, 4) is 67.0 Å². The first-order chi connectivity index (χ1) is 33.1. The molecule has 3 heteroatoms. The second-order valence-electron chi connectivity index (χ2n) is 16.8. The van der Waals surface area contributed by atoms with Gasteiger partial charge in [0.2, 0.25) is 0 Å². The van der Waals surface area contributed by atoms with Crippen LogP contribution in [0.15, 0.2) is 255 Å². The molecule has 2 N–H and O–H groups in total. The average molecular weight is 856 g/mol. The van der Waals surface area contributed by atoms with Crippen LogP contribution in [-0.2, 0) is 0 Å². The SMILES string of the molecule is N=C(/C(=C1\NC(c2ccccc2)=Cc2c1cccc2-c1cccc(-c2cc(-c3ccccc3)nc(-c3cc(-c4ccccc4)cc(-c4ccccc4)c3)c2)c1)c1ccccc1)c1ccccc1. The number of hydrogen-bond acceptors (Lipinski definition) is 3. The normalized spacial score (nSPS) is 12.6. The summed E-state index contributed by atoms with van der Waals surface area (Å²) in [5, 5.41) is 13.6. The highest BCUT2D eigenvalue weighted by atomic mass is 14.9. The van der Waals surface area contributed by atoms with Crippen molar-refractivity contribution in [2.24, 2.45) is 0 Å². The molecule has 10 aromatic rings. The maximum Gasteiger partial charge on any atom is 0.0716 e. The lowest BCUT2D eigenvalue weighted by atomic mass is 9.85. The minimum absolute atomic E-state index is 0.454. The highest BCUT2D eigenvalue weighted by Crippen LogP contribution is 2.42. The Balaban J connectivity index is 1.09. The zero-order valence-electron chi connectivity index (χ0n) is 36.8. The van der Waals surface area contributed by atoms with Gasteiger partial charge in [-0.25, -0.2) is 4.98 Å². The van der Waals surface area contributed by atoms with E-state index in [9.17, 15) is 5.41 Å². The summed E-state index contributed by atoms with van der Waals surface area (Å²) in [6, 6.07) is 89.2. The molecule has 0 amide bonds. The Morgan fingerprint density at radius 2 is 0.746 bits per heavy atom. The van der Waals surface area contributed by atoms with E-state index in [0.717, 1.165) is 112 Å². The number of fused-ring (bicyclic) bond motifs is 1. The van der Waals surface area contributed by atoms with Gasteiger partial charge in [0.15, 0.2) is 0 Å². The maximum absolute atomic E-state index is 9.76. The molecule has 3 nitrogen and oxygen atoms in total. The Hall–Kier alpha value is -8.92. The Morgan fingerprint density at radius 3 is 1.34 bits per heavy atom. The smallest absolute Gasteiger partial charge is 0.0716 e. The molecule has 0 spiro atoms. The summed E-state index contributed by atoms with van der Waals surface area (Å²) in [7, 11) is 0. The summed E-state index contributed by atoms with van der Waals surface area (Å²) < 4.78 is 0. The van der Waals surface area contributed by atoms with Gasteiger partial charge in [0.05, 0.1) is 22.8 Å². The third kappa shape index (κ3) is 8.46. The van der Waals surface area contributed by atoms with Crippen LogP contribution in [0.25, 0.3) is 90.1 Å². The van der Waals surface area contributed by atoms with Crippen LogP contribution in [0.2, 0.25) is 0 Å². The largest absolute Gasteiger partial charge is 0.354 e. The standard InChI is InChI=1S/C64H45N3/c65-63(49-31-17-6-18-32-49)62(48-29-15-5-16-30-48)64-57-36-20-35-56(58(57)43-61(67-64)47-27-13-4-14-28-47)51-34-19-33-50(37-51)54-41-59(46-25-11-3-12-26-46)66-60(42-54)55-39-52(44-21-7-1-8-22-44)38-53(40-55)45-23-9-2-10-24-45/h1-43,65,67H/b64-62-,65-63?. The van der Waals surface area contributed by atoms with Gasteiger partial charge in [0, 0.05) is 33.5 Å². The Morgan fingerprint density at radius 1 is 0.328 bits per heavy atom. The highest BCUT2D eigenvalue weighted by molar-refractivity contribution is 6.36. The zero-order valence-corrected chi connectivity index (χ0v) is 36.8. The van der Waals surface area contributed by atoms with E-state index in [1.165, 1.54) is 0 Å². The molecular weight excluding hydrogens is 811 g/mol. The monoisotopic (exact) mass is 855 g/mol. The molecular formula is C64H45N3. The molecule has 0 atom stereocenters. The van der Waals surface area contributed by atoms with Crippen LogP contribution < -0.4 is 5.32 Å². The highest BCUT2D eigenvalue weighted by Gasteiger charge is 2.26. The van der Waals surface area contributed by atoms with Crippen molar-refractivity contribution >= 4 is 28.8 Å². The van der Waals surface area contributed by atoms with Crippen molar-refractivity contribution in [1.82, 2.24) is 10.3 Å². The summed E-state index contributed by atoms with van der Waals surface area (Å²) in [4.78, 5) is 5.39. The fourth-order valence-electron chi connectivity index (χ4n) is 9.15. The fourth-order valence-corrected chi connectivity index (χ4v) is 9.15. The van der Waals surface area contributed by atoms with Crippen LogP contribution in [0.5, 0.6) is 0 Å². The number of nitrogens with zero attached hydrogens (tertiary/aromatic N) is 1. The lowest BCUT2D eigenvalue weighted by molar-refractivity contribution is 1.22. The van der Waals surface area contributed by atoms with Crippen LogP contribution in [0.4, 0.5) is 0 Å². The van der Waals surface area contributed by atoms with E-state index >= 15 is 0 Å². The average Bonchev–Trinajstić information content (AvgIpc) is 3.42. The topological polar surface area (TPSA) is 48.8 Å². The molecule has 0 saturated heterocycles. The second-order valence-corrected chi connectivity index (χ2v) is 16.8. The molecule has 2 heterocycles. The first-order valence-electron chi connectivity index (χ1n) is 22.7. The van der Waals surface area contributed by atoms with E-state index in [0.29, 0.717) is 5.71 Å². The lowest BCUT2D eigenvalue weighted by Crippen LogP contribution is -2.20. The molecule has 9 aromatic carbocycles. The molecule has 67 heavy (non-hydrogen) atoms. The molecule has 0 fully saturated rings. The van der Waals surface area contributed by atoms with Crippen LogP contribution >= 0.6 is 0 Å². The zero-order chi connectivity index (χ0) is 44.9. The molecule has 0 aliphatic carbocycles. The van der Waals surface area contributed by atoms with Gasteiger partial charge in [0.25, 0.3) is 0 Å². The molecule has 11 rings (SSSR count). The van der Waals surface area contributed by atoms with E-state index in [1.807, 2.05) is 54.6 Å². The van der Waals surface area contributed by atoms with Gasteiger partial charge < -0.3 is 5.32 Å². The third-order valence-corrected chi connectivity index (χ3v) is 12.5. The first kappa shape index (κ1) is 40.8. The maximum atomic E-state index is 9.76. The van der Waals surface area contributed by atoms with E-state index < -0.39 is 0 Å². The Bertz CT molecular complexity index is 3390. The molecule has 0 saturated carbocycles. The number of hydrogen-bond donors (Lipinski definition) is 2. The van der Waals surface area contributed by atoms with Crippen molar-refractivity contribution in [2.75, 3.05) is 0 Å². The molecule has 1 aromatic heterocycles. The second kappa shape index (κ2) is 18.3. The molecule has 0 bridgehead atoms. The Labute approximate surface area is 392 Å². The lowest BCUT2D eigenvalue weighted by Gasteiger charge is -2.27. The number of pyridine rings is 1. The summed E-state index contributed by atoms with van der Waals surface area (Å²) in [6.07, 6.45) is 2.27. The first-order valence-corrected chi connectivity index (χ1v) is 22.7. The van der Waals surface area contributed by atoms with Crippen LogP contribution in [-0.4, -0.2) is 10.7 Å². The van der Waals surface area contributed by atoms with Crippen molar-refractivity contribution < 1.29 is 0 Å². The molecule has 316 valence electrons. The molecule has 0 radical (unpaired) electrons. The van der Waals surface area contributed by atoms with Gasteiger partial charge in [-0.2, -0.15) is 0 Å². The van der Waals surface area contributed by atoms with Gasteiger partial charge in [-0.3, -0.25) is 5.41 Å². The molecule has 1 aliphatic rings. The minimum atomic E-state index is 0.454. The van der Waals surface area contributed by atoms with Crippen LogP contribution in [0.3, 0.4) is 0 Å². The number of rotatable bonds is 10. The van der Waals surface area contributed by atoms with Gasteiger partial charge >= 0.3 is 0 Å². The van der Waals surface area contributed by atoms with Gasteiger partial charge in [-0.05, 0) is 104 Å². The number of benzene rings is 9. The van der Waals surface area contributed by atoms with Gasteiger partial charge in [0.1, 0.15) is 0 Å². The molecule has 0 unspecified atom stereocenters. The van der Waals surface area contributed by atoms with Crippen molar-refractivity contribution in [3.63, 3.8) is 0 Å². The minimum Gasteiger partial charge on any atom is -0.354 e. The van der Waals surface area contributed by atoms with E-state index in [4.69, 9.17) is 4.98 Å². The van der Waals surface area contributed by atoms with Crippen molar-refractivity contribution in [3.05, 3.63) is 283 Å². The van der Waals surface area contributed by atoms with Gasteiger partial charge in [-0.1, -0.05) is 218 Å². The quantitative estimate of drug-likeness (QED) is 0.135. The van der Waals surface area contributed by atoms with Crippen LogP contribution in [0, 0.1) is 5.41 Å². The van der Waals surface area contributed by atoms with E-state index in [2.05, 4.69) is 212 Å². The predicted octanol–water partition coefficient (Wildman–Crippen LogP) is 16.1. The predicted molar refractivity (Wildman–Crippen MR) is 281 cm³/mol. The number of aromatic nitrogens is 1.